The third-order valence-electron chi connectivity index (χ3n) is 5.47. The molecule has 1 aromatic carbocycles. The summed E-state index contributed by atoms with van der Waals surface area (Å²) in [6.45, 7) is 7.32. The van der Waals surface area contributed by atoms with Gasteiger partial charge in [-0.2, -0.15) is 0 Å². The van der Waals surface area contributed by atoms with E-state index in [1.54, 1.807) is 11.8 Å². The van der Waals surface area contributed by atoms with Gasteiger partial charge in [0.05, 0.1) is 0 Å². The SMILES string of the molecule is CSc1ccc(CN2CCC(C(=O)N3CCCC(C)C3)CC2)cc1. The highest BCUT2D eigenvalue weighted by Gasteiger charge is 2.30. The van der Waals surface area contributed by atoms with Gasteiger partial charge in [0, 0.05) is 30.4 Å². The maximum Gasteiger partial charge on any atom is 0.225 e. The van der Waals surface area contributed by atoms with Crippen LogP contribution in [0.3, 0.4) is 0 Å². The van der Waals surface area contributed by atoms with Crippen LogP contribution in [0.4, 0.5) is 0 Å². The van der Waals surface area contributed by atoms with Crippen LogP contribution in [-0.2, 0) is 11.3 Å². The fourth-order valence-corrected chi connectivity index (χ4v) is 4.38. The highest BCUT2D eigenvalue weighted by molar-refractivity contribution is 7.98. The van der Waals surface area contributed by atoms with Crippen molar-refractivity contribution in [1.29, 1.82) is 0 Å². The fraction of sp³-hybridized carbons (Fsp3) is 0.650. The summed E-state index contributed by atoms with van der Waals surface area (Å²) in [5.74, 6) is 1.35. The maximum atomic E-state index is 12.7. The van der Waals surface area contributed by atoms with Crippen LogP contribution >= 0.6 is 11.8 Å². The number of hydrogen-bond acceptors (Lipinski definition) is 3. The van der Waals surface area contributed by atoms with Crippen molar-refractivity contribution >= 4 is 17.7 Å². The van der Waals surface area contributed by atoms with Gasteiger partial charge in [0.25, 0.3) is 0 Å². The molecule has 2 aliphatic heterocycles. The van der Waals surface area contributed by atoms with Crippen LogP contribution in [0.2, 0.25) is 0 Å². The van der Waals surface area contributed by atoms with Gasteiger partial charge in [0.1, 0.15) is 0 Å². The molecule has 0 spiro atoms. The number of carbonyl (C=O) groups excluding carboxylic acids is 1. The van der Waals surface area contributed by atoms with Crippen molar-refractivity contribution < 1.29 is 4.79 Å². The van der Waals surface area contributed by atoms with Crippen LogP contribution in [0, 0.1) is 11.8 Å². The molecule has 2 fully saturated rings. The number of carbonyl (C=O) groups is 1. The molecule has 0 N–H and O–H groups in total. The lowest BCUT2D eigenvalue weighted by molar-refractivity contribution is -0.138. The second kappa shape index (κ2) is 8.39. The average molecular weight is 347 g/mol. The highest BCUT2D eigenvalue weighted by Crippen LogP contribution is 2.24. The topological polar surface area (TPSA) is 23.6 Å². The van der Waals surface area contributed by atoms with Gasteiger partial charge in [0.2, 0.25) is 5.91 Å². The first-order valence-corrected chi connectivity index (χ1v) is 10.5. The minimum absolute atomic E-state index is 0.255. The number of likely N-dealkylation sites (tertiary alicyclic amines) is 2. The van der Waals surface area contributed by atoms with E-state index in [-0.39, 0.29) is 5.92 Å². The van der Waals surface area contributed by atoms with Crippen LogP contribution in [0.5, 0.6) is 0 Å². The Morgan fingerprint density at radius 1 is 1.12 bits per heavy atom. The molecular weight excluding hydrogens is 316 g/mol. The van der Waals surface area contributed by atoms with E-state index in [1.807, 2.05) is 0 Å². The molecule has 0 aliphatic carbocycles. The van der Waals surface area contributed by atoms with Crippen LogP contribution in [0.15, 0.2) is 29.2 Å². The van der Waals surface area contributed by atoms with Gasteiger partial charge in [-0.05, 0) is 68.6 Å². The zero-order chi connectivity index (χ0) is 16.9. The van der Waals surface area contributed by atoms with Gasteiger partial charge in [-0.15, -0.1) is 11.8 Å². The standard InChI is InChI=1S/C20H30N2OS/c1-16-4-3-11-22(14-16)20(23)18-9-12-21(13-10-18)15-17-5-7-19(24-2)8-6-17/h5-8,16,18H,3-4,9-15H2,1-2H3. The van der Waals surface area contributed by atoms with E-state index >= 15 is 0 Å². The summed E-state index contributed by atoms with van der Waals surface area (Å²) in [5.41, 5.74) is 1.38. The molecule has 1 amide bonds. The predicted octanol–water partition coefficient (Wildman–Crippen LogP) is 3.88. The van der Waals surface area contributed by atoms with Crippen LogP contribution < -0.4 is 0 Å². The van der Waals surface area contributed by atoms with Gasteiger partial charge < -0.3 is 4.90 Å². The third-order valence-corrected chi connectivity index (χ3v) is 6.21. The van der Waals surface area contributed by atoms with Crippen molar-refractivity contribution in [2.45, 2.75) is 44.0 Å². The molecule has 4 heteroatoms. The van der Waals surface area contributed by atoms with Gasteiger partial charge in [-0.3, -0.25) is 9.69 Å². The molecule has 2 saturated heterocycles. The Morgan fingerprint density at radius 3 is 2.46 bits per heavy atom. The number of benzene rings is 1. The van der Waals surface area contributed by atoms with E-state index in [0.717, 1.165) is 45.6 Å². The second-order valence-corrected chi connectivity index (χ2v) is 8.31. The van der Waals surface area contributed by atoms with Crippen LogP contribution in [0.25, 0.3) is 0 Å². The molecule has 1 atom stereocenters. The third kappa shape index (κ3) is 4.54. The van der Waals surface area contributed by atoms with Crippen molar-refractivity contribution in [3.05, 3.63) is 29.8 Å². The first kappa shape index (κ1) is 17.8. The summed E-state index contributed by atoms with van der Waals surface area (Å²) in [4.78, 5) is 18.7. The van der Waals surface area contributed by atoms with Crippen LogP contribution in [0.1, 0.15) is 38.2 Å². The second-order valence-electron chi connectivity index (χ2n) is 7.43. The summed E-state index contributed by atoms with van der Waals surface area (Å²) < 4.78 is 0. The maximum absolute atomic E-state index is 12.7. The van der Waals surface area contributed by atoms with Crippen molar-refractivity contribution in [2.75, 3.05) is 32.4 Å². The van der Waals surface area contributed by atoms with Crippen molar-refractivity contribution in [3.8, 4) is 0 Å². The Kier molecular flexibility index (Phi) is 6.23. The van der Waals surface area contributed by atoms with Crippen molar-refractivity contribution in [2.24, 2.45) is 11.8 Å². The molecule has 24 heavy (non-hydrogen) atoms. The lowest BCUT2D eigenvalue weighted by Crippen LogP contribution is -2.45. The quantitative estimate of drug-likeness (QED) is 0.773. The van der Waals surface area contributed by atoms with Crippen molar-refractivity contribution in [3.63, 3.8) is 0 Å². The molecular formula is C20H30N2OS. The zero-order valence-electron chi connectivity index (χ0n) is 15.0. The number of nitrogens with zero attached hydrogens (tertiary/aromatic N) is 2. The normalized spacial score (nSPS) is 23.4. The van der Waals surface area contributed by atoms with E-state index in [4.69, 9.17) is 0 Å². The van der Waals surface area contributed by atoms with E-state index in [0.29, 0.717) is 11.8 Å². The first-order chi connectivity index (χ1) is 11.7. The lowest BCUT2D eigenvalue weighted by atomic mass is 9.92. The van der Waals surface area contributed by atoms with E-state index in [9.17, 15) is 4.79 Å². The van der Waals surface area contributed by atoms with Gasteiger partial charge in [0.15, 0.2) is 0 Å². The molecule has 2 aliphatic rings. The van der Waals surface area contributed by atoms with Crippen LogP contribution in [-0.4, -0.2) is 48.1 Å². The first-order valence-electron chi connectivity index (χ1n) is 9.30. The molecule has 0 saturated carbocycles. The predicted molar refractivity (Wildman–Crippen MR) is 101 cm³/mol. The van der Waals surface area contributed by atoms with Gasteiger partial charge >= 0.3 is 0 Å². The Labute approximate surface area is 150 Å². The number of thioether (sulfide) groups is 1. The minimum atomic E-state index is 0.255. The Morgan fingerprint density at radius 2 is 1.83 bits per heavy atom. The average Bonchev–Trinajstić information content (AvgIpc) is 2.62. The number of hydrogen-bond donors (Lipinski definition) is 0. The zero-order valence-corrected chi connectivity index (χ0v) is 15.9. The number of rotatable bonds is 4. The molecule has 0 bridgehead atoms. The van der Waals surface area contributed by atoms with E-state index < -0.39 is 0 Å². The molecule has 0 radical (unpaired) electrons. The Bertz CT molecular complexity index is 537. The largest absolute Gasteiger partial charge is 0.342 e. The monoisotopic (exact) mass is 346 g/mol. The molecule has 0 aromatic heterocycles. The Balaban J connectivity index is 1.47. The molecule has 132 valence electrons. The Hall–Kier alpha value is -1.00. The van der Waals surface area contributed by atoms with E-state index in [2.05, 4.69) is 47.2 Å². The molecule has 1 unspecified atom stereocenters. The minimum Gasteiger partial charge on any atom is -0.342 e. The number of piperidine rings is 2. The highest BCUT2D eigenvalue weighted by atomic mass is 32.2. The van der Waals surface area contributed by atoms with Crippen molar-refractivity contribution in [1.82, 2.24) is 9.80 Å². The summed E-state index contributed by atoms with van der Waals surface area (Å²) in [6.07, 6.45) is 6.61. The smallest absolute Gasteiger partial charge is 0.225 e. The summed E-state index contributed by atoms with van der Waals surface area (Å²) in [7, 11) is 0. The molecule has 2 heterocycles. The van der Waals surface area contributed by atoms with Gasteiger partial charge in [-0.1, -0.05) is 19.1 Å². The number of amides is 1. The lowest BCUT2D eigenvalue weighted by Gasteiger charge is -2.37. The molecule has 3 rings (SSSR count). The fourth-order valence-electron chi connectivity index (χ4n) is 3.97. The molecule has 3 nitrogen and oxygen atoms in total. The van der Waals surface area contributed by atoms with Gasteiger partial charge in [-0.25, -0.2) is 0 Å². The molecule has 1 aromatic rings. The summed E-state index contributed by atoms with van der Waals surface area (Å²) >= 11 is 1.78. The summed E-state index contributed by atoms with van der Waals surface area (Å²) in [6, 6.07) is 8.87. The summed E-state index contributed by atoms with van der Waals surface area (Å²) in [5, 5.41) is 0. The van der Waals surface area contributed by atoms with E-state index in [1.165, 1.54) is 23.3 Å².